The van der Waals surface area contributed by atoms with E-state index in [-0.39, 0.29) is 11.8 Å². The van der Waals surface area contributed by atoms with E-state index in [2.05, 4.69) is 18.9 Å². The van der Waals surface area contributed by atoms with E-state index in [1.54, 1.807) is 12.1 Å². The van der Waals surface area contributed by atoms with E-state index < -0.39 is 0 Å². The molecule has 2 rings (SSSR count). The average molecular weight is 343 g/mol. The number of likely N-dealkylation sites (tertiary alicyclic amines) is 1. The third-order valence-electron chi connectivity index (χ3n) is 4.66. The Hall–Kier alpha value is -0.770. The van der Waals surface area contributed by atoms with Crippen LogP contribution in [0.5, 0.6) is 0 Å². The van der Waals surface area contributed by atoms with Crippen LogP contribution in [0.15, 0.2) is 18.2 Å². The number of carbonyl (C=O) groups excluding carboxylic acids is 1. The summed E-state index contributed by atoms with van der Waals surface area (Å²) in [6.45, 7) is 6.82. The van der Waals surface area contributed by atoms with E-state index >= 15 is 0 Å². The molecule has 5 heteroatoms. The largest absolute Gasteiger partial charge is 0.312 e. The molecule has 1 amide bonds. The summed E-state index contributed by atoms with van der Waals surface area (Å²) in [4.78, 5) is 17.0. The highest BCUT2D eigenvalue weighted by atomic mass is 35.5. The van der Waals surface area contributed by atoms with Gasteiger partial charge >= 0.3 is 0 Å². The van der Waals surface area contributed by atoms with Gasteiger partial charge in [-0.2, -0.15) is 0 Å². The lowest BCUT2D eigenvalue weighted by Crippen LogP contribution is -2.41. The molecule has 3 nitrogen and oxygen atoms in total. The Balaban J connectivity index is 2.12. The minimum atomic E-state index is 0.0307. The molecule has 1 heterocycles. The third-order valence-corrected chi connectivity index (χ3v) is 5.40. The van der Waals surface area contributed by atoms with Crippen LogP contribution in [0.2, 0.25) is 10.0 Å². The lowest BCUT2D eigenvalue weighted by molar-refractivity contribution is -0.124. The molecule has 1 unspecified atom stereocenters. The van der Waals surface area contributed by atoms with Gasteiger partial charge in [0.1, 0.15) is 0 Å². The maximum atomic E-state index is 12.9. The van der Waals surface area contributed by atoms with Gasteiger partial charge in [0, 0.05) is 18.2 Å². The number of benzene rings is 1. The first kappa shape index (κ1) is 17.6. The van der Waals surface area contributed by atoms with Crippen LogP contribution in [0, 0.1) is 11.8 Å². The van der Waals surface area contributed by atoms with Crippen LogP contribution >= 0.6 is 23.2 Å². The first-order valence-electron chi connectivity index (χ1n) is 7.89. The lowest BCUT2D eigenvalue weighted by atomic mass is 9.84. The minimum absolute atomic E-state index is 0.0307. The van der Waals surface area contributed by atoms with Gasteiger partial charge in [-0.1, -0.05) is 30.1 Å². The maximum Gasteiger partial charge on any atom is 0.230 e. The molecule has 1 aliphatic heterocycles. The molecule has 0 aliphatic carbocycles. The highest BCUT2D eigenvalue weighted by Crippen LogP contribution is 2.30. The first-order valence-corrected chi connectivity index (χ1v) is 8.64. The number of halogens is 2. The molecule has 1 aromatic carbocycles. The second-order valence-electron chi connectivity index (χ2n) is 6.11. The summed E-state index contributed by atoms with van der Waals surface area (Å²) in [5.41, 5.74) is 0.821. The zero-order valence-electron chi connectivity index (χ0n) is 13.5. The van der Waals surface area contributed by atoms with Crippen molar-refractivity contribution in [1.29, 1.82) is 0 Å². The Morgan fingerprint density at radius 3 is 2.50 bits per heavy atom. The van der Waals surface area contributed by atoms with Crippen LogP contribution in [0.25, 0.3) is 0 Å². The average Bonchev–Trinajstić information content (AvgIpc) is 2.51. The number of hydrogen-bond acceptors (Lipinski definition) is 2. The second kappa shape index (κ2) is 7.67. The fraction of sp³-hybridized carbons (Fsp3) is 0.588. The van der Waals surface area contributed by atoms with Gasteiger partial charge in [0.2, 0.25) is 5.91 Å². The molecule has 0 N–H and O–H groups in total. The van der Waals surface area contributed by atoms with E-state index in [9.17, 15) is 4.79 Å². The standard InChI is InChI=1S/C17H24Cl2N2O/c1-4-21(14-5-6-15(18)16(19)11-14)17(22)12(2)13-7-9-20(3)10-8-13/h5-6,11-13H,4,7-10H2,1-3H3. The highest BCUT2D eigenvalue weighted by molar-refractivity contribution is 6.42. The summed E-state index contributed by atoms with van der Waals surface area (Å²) < 4.78 is 0. The van der Waals surface area contributed by atoms with Crippen LogP contribution in [-0.2, 0) is 4.79 Å². The van der Waals surface area contributed by atoms with Crippen molar-refractivity contribution in [2.45, 2.75) is 26.7 Å². The predicted octanol–water partition coefficient (Wildman–Crippen LogP) is 4.32. The molecule has 0 radical (unpaired) electrons. The summed E-state index contributed by atoms with van der Waals surface area (Å²) in [6.07, 6.45) is 2.17. The smallest absolute Gasteiger partial charge is 0.230 e. The van der Waals surface area contributed by atoms with Crippen LogP contribution in [0.3, 0.4) is 0 Å². The van der Waals surface area contributed by atoms with Gasteiger partial charge < -0.3 is 9.80 Å². The molecule has 1 aliphatic rings. The first-order chi connectivity index (χ1) is 10.4. The van der Waals surface area contributed by atoms with Gasteiger partial charge in [0.15, 0.2) is 0 Å². The Labute approximate surface area is 143 Å². The van der Waals surface area contributed by atoms with Crippen molar-refractivity contribution in [1.82, 2.24) is 4.90 Å². The van der Waals surface area contributed by atoms with Gasteiger partial charge in [-0.3, -0.25) is 4.79 Å². The van der Waals surface area contributed by atoms with Crippen molar-refractivity contribution in [3.63, 3.8) is 0 Å². The third kappa shape index (κ3) is 3.95. The molecule has 1 saturated heterocycles. The molecular weight excluding hydrogens is 319 g/mol. The number of carbonyl (C=O) groups is 1. The summed E-state index contributed by atoms with van der Waals surface area (Å²) >= 11 is 12.1. The summed E-state index contributed by atoms with van der Waals surface area (Å²) in [6, 6.07) is 5.37. The van der Waals surface area contributed by atoms with Crippen molar-refractivity contribution in [2.24, 2.45) is 11.8 Å². The molecule has 0 saturated carbocycles. The summed E-state index contributed by atoms with van der Waals surface area (Å²) in [5, 5.41) is 0.995. The Kier molecular flexibility index (Phi) is 6.13. The summed E-state index contributed by atoms with van der Waals surface area (Å²) in [7, 11) is 2.14. The van der Waals surface area contributed by atoms with Crippen LogP contribution in [0.1, 0.15) is 26.7 Å². The topological polar surface area (TPSA) is 23.6 Å². The Bertz CT molecular complexity index is 527. The van der Waals surface area contributed by atoms with Crippen LogP contribution in [0.4, 0.5) is 5.69 Å². The molecule has 22 heavy (non-hydrogen) atoms. The summed E-state index contributed by atoms with van der Waals surface area (Å²) in [5.74, 6) is 0.666. The monoisotopic (exact) mass is 342 g/mol. The molecule has 0 bridgehead atoms. The number of amides is 1. The van der Waals surface area contributed by atoms with Crippen molar-refractivity contribution < 1.29 is 4.79 Å². The zero-order chi connectivity index (χ0) is 16.3. The fourth-order valence-electron chi connectivity index (χ4n) is 3.09. The highest BCUT2D eigenvalue weighted by Gasteiger charge is 2.30. The number of rotatable bonds is 4. The van der Waals surface area contributed by atoms with E-state index in [1.807, 2.05) is 17.9 Å². The number of piperidine rings is 1. The van der Waals surface area contributed by atoms with Gasteiger partial charge in [-0.15, -0.1) is 0 Å². The van der Waals surface area contributed by atoms with E-state index in [0.29, 0.717) is 22.5 Å². The lowest BCUT2D eigenvalue weighted by Gasteiger charge is -2.34. The van der Waals surface area contributed by atoms with Gasteiger partial charge in [-0.05, 0) is 64.0 Å². The quantitative estimate of drug-likeness (QED) is 0.813. The van der Waals surface area contributed by atoms with Crippen LogP contribution in [-0.4, -0.2) is 37.5 Å². The molecule has 1 fully saturated rings. The molecule has 0 spiro atoms. The molecule has 1 atom stereocenters. The molecular formula is C17H24Cl2N2O. The zero-order valence-corrected chi connectivity index (χ0v) is 15.0. The van der Waals surface area contributed by atoms with Crippen molar-refractivity contribution in [3.8, 4) is 0 Å². The van der Waals surface area contributed by atoms with E-state index in [0.717, 1.165) is 31.6 Å². The molecule has 122 valence electrons. The predicted molar refractivity (Wildman–Crippen MR) is 93.9 cm³/mol. The van der Waals surface area contributed by atoms with Crippen molar-refractivity contribution in [3.05, 3.63) is 28.2 Å². The van der Waals surface area contributed by atoms with Gasteiger partial charge in [0.25, 0.3) is 0 Å². The Morgan fingerprint density at radius 1 is 1.32 bits per heavy atom. The van der Waals surface area contributed by atoms with Crippen molar-refractivity contribution >= 4 is 34.8 Å². The second-order valence-corrected chi connectivity index (χ2v) is 6.92. The molecule has 1 aromatic rings. The van der Waals surface area contributed by atoms with Gasteiger partial charge in [-0.25, -0.2) is 0 Å². The van der Waals surface area contributed by atoms with E-state index in [1.165, 1.54) is 0 Å². The maximum absolute atomic E-state index is 12.9. The van der Waals surface area contributed by atoms with Gasteiger partial charge in [0.05, 0.1) is 10.0 Å². The SMILES string of the molecule is CCN(C(=O)C(C)C1CCN(C)CC1)c1ccc(Cl)c(Cl)c1. The number of hydrogen-bond donors (Lipinski definition) is 0. The van der Waals surface area contributed by atoms with E-state index in [4.69, 9.17) is 23.2 Å². The Morgan fingerprint density at radius 2 is 1.95 bits per heavy atom. The molecule has 0 aromatic heterocycles. The van der Waals surface area contributed by atoms with Crippen molar-refractivity contribution in [2.75, 3.05) is 31.6 Å². The van der Waals surface area contributed by atoms with Crippen LogP contribution < -0.4 is 4.90 Å². The number of nitrogens with zero attached hydrogens (tertiary/aromatic N) is 2. The minimum Gasteiger partial charge on any atom is -0.312 e. The normalized spacial score (nSPS) is 18.2. The number of anilines is 1. The fourth-order valence-corrected chi connectivity index (χ4v) is 3.39.